The Balaban J connectivity index is 1.89. The molecule has 7 heteroatoms. The lowest BCUT2D eigenvalue weighted by Gasteiger charge is -2.08. The topological polar surface area (TPSA) is 76.7 Å². The third kappa shape index (κ3) is 2.74. The Kier molecular flexibility index (Phi) is 3.81. The number of aryl methyl sites for hydroxylation is 1. The molecule has 0 bridgehead atoms. The van der Waals surface area contributed by atoms with Gasteiger partial charge in [0.25, 0.3) is 0 Å². The third-order valence-electron chi connectivity index (χ3n) is 2.80. The highest BCUT2D eigenvalue weighted by Crippen LogP contribution is 2.29. The van der Waals surface area contributed by atoms with Gasteiger partial charge in [-0.25, -0.2) is 10.8 Å². The highest BCUT2D eigenvalue weighted by Gasteiger charge is 2.08. The number of benzene rings is 1. The van der Waals surface area contributed by atoms with E-state index in [0.717, 1.165) is 31.6 Å². The molecule has 0 saturated carbocycles. The molecule has 0 radical (unpaired) electrons. The van der Waals surface area contributed by atoms with E-state index in [1.807, 2.05) is 31.2 Å². The smallest absolute Gasteiger partial charge is 0.174 e. The van der Waals surface area contributed by atoms with Gasteiger partial charge < -0.3 is 5.43 Å². The summed E-state index contributed by atoms with van der Waals surface area (Å²) in [6.07, 6.45) is 0. The van der Waals surface area contributed by atoms with Crippen molar-refractivity contribution >= 4 is 39.8 Å². The number of hydrazine groups is 1. The van der Waals surface area contributed by atoms with Gasteiger partial charge in [0.1, 0.15) is 10.8 Å². The SMILES string of the molecule is Cc1nnc(SCc2cc3ccccc3nc2NN)s1. The van der Waals surface area contributed by atoms with Gasteiger partial charge in [-0.2, -0.15) is 0 Å². The van der Waals surface area contributed by atoms with Crippen LogP contribution < -0.4 is 11.3 Å². The van der Waals surface area contributed by atoms with E-state index in [9.17, 15) is 0 Å². The Hall–Kier alpha value is -1.70. The Morgan fingerprint density at radius 2 is 2.15 bits per heavy atom. The van der Waals surface area contributed by atoms with E-state index >= 15 is 0 Å². The average molecular weight is 303 g/mol. The van der Waals surface area contributed by atoms with E-state index < -0.39 is 0 Å². The number of para-hydroxylation sites is 1. The molecule has 3 rings (SSSR count). The van der Waals surface area contributed by atoms with Gasteiger partial charge in [-0.05, 0) is 19.1 Å². The van der Waals surface area contributed by atoms with Crippen molar-refractivity contribution in [1.29, 1.82) is 0 Å². The third-order valence-corrected chi connectivity index (χ3v) is 4.82. The van der Waals surface area contributed by atoms with E-state index in [1.54, 1.807) is 23.1 Å². The van der Waals surface area contributed by atoms with Crippen LogP contribution in [0.2, 0.25) is 0 Å². The Morgan fingerprint density at radius 3 is 2.90 bits per heavy atom. The minimum Gasteiger partial charge on any atom is -0.308 e. The van der Waals surface area contributed by atoms with E-state index in [-0.39, 0.29) is 0 Å². The van der Waals surface area contributed by atoms with E-state index in [4.69, 9.17) is 5.84 Å². The second-order valence-corrected chi connectivity index (χ2v) is 6.61. The Labute approximate surface area is 124 Å². The number of aromatic nitrogens is 3. The maximum atomic E-state index is 5.57. The molecule has 2 aromatic heterocycles. The summed E-state index contributed by atoms with van der Waals surface area (Å²) >= 11 is 3.23. The first-order chi connectivity index (χ1) is 9.76. The molecule has 0 saturated heterocycles. The van der Waals surface area contributed by atoms with E-state index in [1.165, 1.54) is 0 Å². The second-order valence-electron chi connectivity index (χ2n) is 4.21. The molecular formula is C13H13N5S2. The number of nitrogens with one attached hydrogen (secondary N) is 1. The molecule has 20 heavy (non-hydrogen) atoms. The van der Waals surface area contributed by atoms with Gasteiger partial charge in [-0.1, -0.05) is 41.3 Å². The summed E-state index contributed by atoms with van der Waals surface area (Å²) in [5.74, 6) is 7.03. The average Bonchev–Trinajstić information content (AvgIpc) is 2.89. The van der Waals surface area contributed by atoms with E-state index in [2.05, 4.69) is 26.7 Å². The fourth-order valence-electron chi connectivity index (χ4n) is 1.87. The van der Waals surface area contributed by atoms with Crippen LogP contribution in [0.3, 0.4) is 0 Å². The number of fused-ring (bicyclic) bond motifs is 1. The van der Waals surface area contributed by atoms with Crippen LogP contribution in [0.1, 0.15) is 10.6 Å². The van der Waals surface area contributed by atoms with Crippen molar-refractivity contribution in [3.05, 3.63) is 40.9 Å². The fraction of sp³-hybridized carbons (Fsp3) is 0.154. The molecule has 2 heterocycles. The van der Waals surface area contributed by atoms with Crippen molar-refractivity contribution in [2.75, 3.05) is 5.43 Å². The van der Waals surface area contributed by atoms with Crippen LogP contribution in [-0.4, -0.2) is 15.2 Å². The maximum absolute atomic E-state index is 5.57. The van der Waals surface area contributed by atoms with Crippen LogP contribution in [0.25, 0.3) is 10.9 Å². The zero-order chi connectivity index (χ0) is 13.9. The van der Waals surface area contributed by atoms with Gasteiger partial charge in [0, 0.05) is 16.7 Å². The first-order valence-electron chi connectivity index (χ1n) is 6.04. The summed E-state index contributed by atoms with van der Waals surface area (Å²) in [5, 5.41) is 10.2. The van der Waals surface area contributed by atoms with Crippen LogP contribution in [0.4, 0.5) is 5.82 Å². The van der Waals surface area contributed by atoms with Crippen molar-refractivity contribution < 1.29 is 0 Å². The molecule has 0 unspecified atom stereocenters. The van der Waals surface area contributed by atoms with Gasteiger partial charge in [-0.15, -0.1) is 10.2 Å². The van der Waals surface area contributed by atoms with Crippen LogP contribution in [0.15, 0.2) is 34.7 Å². The van der Waals surface area contributed by atoms with Crippen molar-refractivity contribution in [3.8, 4) is 0 Å². The van der Waals surface area contributed by atoms with Crippen molar-refractivity contribution in [1.82, 2.24) is 15.2 Å². The summed E-state index contributed by atoms with van der Waals surface area (Å²) in [6, 6.07) is 10.1. The standard InChI is InChI=1S/C13H13N5S2/c1-8-17-18-13(20-8)19-7-10-6-9-4-2-3-5-11(9)15-12(10)16-14/h2-6H,7,14H2,1H3,(H,15,16). The first kappa shape index (κ1) is 13.3. The van der Waals surface area contributed by atoms with Crippen LogP contribution in [-0.2, 0) is 5.75 Å². The number of nitrogens with two attached hydrogens (primary N) is 1. The van der Waals surface area contributed by atoms with Gasteiger partial charge in [0.15, 0.2) is 4.34 Å². The van der Waals surface area contributed by atoms with Gasteiger partial charge in [0.05, 0.1) is 5.52 Å². The number of hydrogen-bond donors (Lipinski definition) is 2. The monoisotopic (exact) mass is 303 g/mol. The molecule has 3 N–H and O–H groups in total. The summed E-state index contributed by atoms with van der Waals surface area (Å²) in [4.78, 5) is 4.53. The minimum atomic E-state index is 0.706. The summed E-state index contributed by atoms with van der Waals surface area (Å²) in [5.41, 5.74) is 4.66. The van der Waals surface area contributed by atoms with Crippen molar-refractivity contribution in [2.45, 2.75) is 17.0 Å². The van der Waals surface area contributed by atoms with Crippen LogP contribution >= 0.6 is 23.1 Å². The molecule has 5 nitrogen and oxygen atoms in total. The quantitative estimate of drug-likeness (QED) is 0.438. The summed E-state index contributed by atoms with van der Waals surface area (Å²) in [7, 11) is 0. The Morgan fingerprint density at radius 1 is 1.30 bits per heavy atom. The molecule has 0 fully saturated rings. The highest BCUT2D eigenvalue weighted by atomic mass is 32.2. The van der Waals surface area contributed by atoms with Gasteiger partial charge in [0.2, 0.25) is 0 Å². The summed E-state index contributed by atoms with van der Waals surface area (Å²) < 4.78 is 0.957. The lowest BCUT2D eigenvalue weighted by molar-refractivity contribution is 0.983. The number of pyridine rings is 1. The predicted molar refractivity (Wildman–Crippen MR) is 83.8 cm³/mol. The number of rotatable bonds is 4. The fourth-order valence-corrected chi connectivity index (χ4v) is 3.66. The maximum Gasteiger partial charge on any atom is 0.174 e. The molecule has 1 aromatic carbocycles. The molecule has 0 atom stereocenters. The number of nitrogens with zero attached hydrogens (tertiary/aromatic N) is 3. The normalized spacial score (nSPS) is 10.9. The van der Waals surface area contributed by atoms with Gasteiger partial charge in [-0.3, -0.25) is 0 Å². The number of thioether (sulfide) groups is 1. The van der Waals surface area contributed by atoms with Crippen molar-refractivity contribution in [3.63, 3.8) is 0 Å². The molecule has 0 spiro atoms. The number of nitrogen functional groups attached to an aromatic ring is 1. The van der Waals surface area contributed by atoms with Crippen LogP contribution in [0, 0.1) is 6.92 Å². The second kappa shape index (κ2) is 5.74. The highest BCUT2D eigenvalue weighted by molar-refractivity contribution is 8.00. The van der Waals surface area contributed by atoms with Crippen molar-refractivity contribution in [2.24, 2.45) is 5.84 Å². The summed E-state index contributed by atoms with van der Waals surface area (Å²) in [6.45, 7) is 1.95. The van der Waals surface area contributed by atoms with Gasteiger partial charge >= 0.3 is 0 Å². The minimum absolute atomic E-state index is 0.706. The largest absolute Gasteiger partial charge is 0.308 e. The zero-order valence-corrected chi connectivity index (χ0v) is 12.5. The molecule has 0 aliphatic heterocycles. The molecule has 0 aliphatic rings. The first-order valence-corrected chi connectivity index (χ1v) is 7.84. The van der Waals surface area contributed by atoms with Crippen LogP contribution in [0.5, 0.6) is 0 Å². The Bertz CT molecular complexity index is 740. The molecular weight excluding hydrogens is 290 g/mol. The molecule has 0 aliphatic carbocycles. The molecule has 102 valence electrons. The predicted octanol–water partition coefficient (Wildman–Crippen LogP) is 2.97. The van der Waals surface area contributed by atoms with E-state index in [0.29, 0.717) is 5.82 Å². The molecule has 3 aromatic rings. The number of anilines is 1. The lowest BCUT2D eigenvalue weighted by atomic mass is 10.1. The number of hydrogen-bond acceptors (Lipinski definition) is 7. The zero-order valence-electron chi connectivity index (χ0n) is 10.8. The molecule has 0 amide bonds. The lowest BCUT2D eigenvalue weighted by Crippen LogP contribution is -2.11.